The summed E-state index contributed by atoms with van der Waals surface area (Å²) >= 11 is 1.37. The molecule has 0 unspecified atom stereocenters. The minimum atomic E-state index is -0.194. The van der Waals surface area contributed by atoms with Gasteiger partial charge in [-0.1, -0.05) is 29.5 Å². The van der Waals surface area contributed by atoms with Crippen LogP contribution in [0.2, 0.25) is 0 Å². The van der Waals surface area contributed by atoms with Gasteiger partial charge in [-0.3, -0.25) is 9.36 Å². The van der Waals surface area contributed by atoms with Crippen LogP contribution >= 0.6 is 11.8 Å². The monoisotopic (exact) mass is 415 g/mol. The smallest absolute Gasteiger partial charge is 0.338 e. The number of nitrogens with zero attached hydrogens (tertiary/aromatic N) is 2. The molecule has 1 aromatic heterocycles. The molecule has 156 valence electrons. The first-order valence-corrected chi connectivity index (χ1v) is 11.2. The summed E-state index contributed by atoms with van der Waals surface area (Å²) in [5.74, 6) is 0.177. The van der Waals surface area contributed by atoms with Crippen molar-refractivity contribution in [2.24, 2.45) is 0 Å². The highest BCUT2D eigenvalue weighted by Gasteiger charge is 2.23. The van der Waals surface area contributed by atoms with Crippen molar-refractivity contribution in [1.82, 2.24) is 9.55 Å². The minimum absolute atomic E-state index is 0.0704. The molecule has 1 aliphatic carbocycles. The molecule has 0 saturated carbocycles. The number of hydrogen-bond donors (Lipinski definition) is 2. The van der Waals surface area contributed by atoms with Crippen LogP contribution < -0.4 is 15.9 Å². The van der Waals surface area contributed by atoms with E-state index < -0.39 is 0 Å². The zero-order valence-electron chi connectivity index (χ0n) is 18.0. The highest BCUT2D eigenvalue weighted by molar-refractivity contribution is 8.00. The van der Waals surface area contributed by atoms with Gasteiger partial charge < -0.3 is 10.2 Å². The Morgan fingerprint density at radius 3 is 2.55 bits per heavy atom. The lowest BCUT2D eigenvalue weighted by Gasteiger charge is -2.15. The number of rotatable bonds is 7. The van der Waals surface area contributed by atoms with Crippen LogP contribution in [0.4, 0.5) is 5.69 Å². The molecule has 0 radical (unpaired) electrons. The zero-order chi connectivity index (χ0) is 21.1. The molecule has 1 aromatic carbocycles. The Labute approximate surface area is 176 Å². The number of thioether (sulfide) groups is 1. The van der Waals surface area contributed by atoms with E-state index in [9.17, 15) is 9.59 Å². The van der Waals surface area contributed by atoms with E-state index in [0.717, 1.165) is 58.9 Å². The standard InChI is InChI=1S/C22H30N4O2S/c1-14-11-15(2)20(16(3)12-14)23-19(27)13-29-21-17-7-6-8-18(17)26(22(28)24-21)10-9-25(4)5/h11-12H,6-10,13H2,1-5H3,(H,23,27)/p+1. The first-order valence-electron chi connectivity index (χ1n) is 10.2. The minimum Gasteiger partial charge on any atom is -0.338 e. The lowest BCUT2D eigenvalue weighted by atomic mass is 10.1. The molecule has 0 fully saturated rings. The van der Waals surface area contributed by atoms with Gasteiger partial charge in [0.15, 0.2) is 0 Å². The maximum atomic E-state index is 12.6. The van der Waals surface area contributed by atoms with Crippen LogP contribution in [-0.2, 0) is 24.2 Å². The van der Waals surface area contributed by atoms with E-state index in [2.05, 4.69) is 43.5 Å². The Kier molecular flexibility index (Phi) is 6.80. The summed E-state index contributed by atoms with van der Waals surface area (Å²) in [6.45, 7) is 7.64. The third kappa shape index (κ3) is 5.08. The van der Waals surface area contributed by atoms with Crippen molar-refractivity contribution < 1.29 is 9.69 Å². The molecule has 0 bridgehead atoms. The van der Waals surface area contributed by atoms with Crippen LogP contribution in [0, 0.1) is 20.8 Å². The Morgan fingerprint density at radius 1 is 1.21 bits per heavy atom. The Bertz CT molecular complexity index is 959. The number of anilines is 1. The van der Waals surface area contributed by atoms with Crippen molar-refractivity contribution in [3.8, 4) is 0 Å². The molecule has 0 saturated heterocycles. The largest absolute Gasteiger partial charge is 0.349 e. The topological polar surface area (TPSA) is 68.4 Å². The molecule has 29 heavy (non-hydrogen) atoms. The number of carbonyl (C=O) groups is 1. The fraction of sp³-hybridized carbons (Fsp3) is 0.500. The third-order valence-corrected chi connectivity index (χ3v) is 6.34. The van der Waals surface area contributed by atoms with Crippen LogP contribution in [0.25, 0.3) is 0 Å². The predicted molar refractivity (Wildman–Crippen MR) is 118 cm³/mol. The fourth-order valence-corrected chi connectivity index (χ4v) is 4.83. The van der Waals surface area contributed by atoms with Crippen molar-refractivity contribution in [1.29, 1.82) is 0 Å². The maximum Gasteiger partial charge on any atom is 0.349 e. The summed E-state index contributed by atoms with van der Waals surface area (Å²) in [5.41, 5.74) is 6.25. The number of likely N-dealkylation sites (N-methyl/N-ethyl adjacent to an activating group) is 1. The molecule has 0 aliphatic heterocycles. The number of benzene rings is 1. The lowest BCUT2D eigenvalue weighted by Crippen LogP contribution is -3.06. The van der Waals surface area contributed by atoms with Crippen LogP contribution in [0.5, 0.6) is 0 Å². The molecular weight excluding hydrogens is 384 g/mol. The number of fused-ring (bicyclic) bond motifs is 1. The van der Waals surface area contributed by atoms with E-state index in [0.29, 0.717) is 6.54 Å². The van der Waals surface area contributed by atoms with Gasteiger partial charge in [-0.05, 0) is 51.2 Å². The molecule has 3 rings (SSSR count). The molecule has 0 atom stereocenters. The average Bonchev–Trinajstić information content (AvgIpc) is 3.11. The molecule has 1 aliphatic rings. The molecule has 6 nitrogen and oxygen atoms in total. The first kappa shape index (κ1) is 21.6. The maximum absolute atomic E-state index is 12.6. The summed E-state index contributed by atoms with van der Waals surface area (Å²) in [7, 11) is 4.16. The second-order valence-electron chi connectivity index (χ2n) is 8.20. The van der Waals surface area contributed by atoms with Crippen molar-refractivity contribution in [3.05, 3.63) is 50.6 Å². The van der Waals surface area contributed by atoms with E-state index in [1.807, 2.05) is 18.4 Å². The van der Waals surface area contributed by atoms with Gasteiger partial charge in [0.25, 0.3) is 0 Å². The quantitative estimate of drug-likeness (QED) is 0.532. The van der Waals surface area contributed by atoms with Gasteiger partial charge in [0.1, 0.15) is 5.03 Å². The molecular formula is C22H31N4O2S+. The zero-order valence-corrected chi connectivity index (χ0v) is 18.8. The van der Waals surface area contributed by atoms with Crippen molar-refractivity contribution in [2.45, 2.75) is 51.6 Å². The van der Waals surface area contributed by atoms with Gasteiger partial charge in [0, 0.05) is 16.9 Å². The van der Waals surface area contributed by atoms with Crippen LogP contribution in [0.3, 0.4) is 0 Å². The molecule has 2 aromatic rings. The molecule has 7 heteroatoms. The SMILES string of the molecule is Cc1cc(C)c(NC(=O)CSc2nc(=O)n(CC[NH+](C)C)c3c2CCC3)c(C)c1. The van der Waals surface area contributed by atoms with Gasteiger partial charge in [0.2, 0.25) is 5.91 Å². The summed E-state index contributed by atoms with van der Waals surface area (Å²) < 4.78 is 1.83. The van der Waals surface area contributed by atoms with Gasteiger partial charge in [-0.15, -0.1) is 0 Å². The van der Waals surface area contributed by atoms with Crippen LogP contribution in [0.15, 0.2) is 22.0 Å². The first-order chi connectivity index (χ1) is 13.8. The summed E-state index contributed by atoms with van der Waals surface area (Å²) in [5, 5.41) is 3.75. The summed E-state index contributed by atoms with van der Waals surface area (Å²) in [4.78, 5) is 30.8. The normalized spacial score (nSPS) is 13.0. The molecule has 2 N–H and O–H groups in total. The number of aryl methyl sites for hydroxylation is 3. The van der Waals surface area contributed by atoms with Crippen molar-refractivity contribution in [3.63, 3.8) is 0 Å². The number of hydrogen-bond acceptors (Lipinski definition) is 4. The van der Waals surface area contributed by atoms with Crippen molar-refractivity contribution >= 4 is 23.4 Å². The van der Waals surface area contributed by atoms with Gasteiger partial charge in [-0.2, -0.15) is 4.98 Å². The molecule has 0 spiro atoms. The van der Waals surface area contributed by atoms with E-state index in [-0.39, 0.29) is 17.3 Å². The molecule has 1 heterocycles. The number of amides is 1. The number of nitrogens with one attached hydrogen (secondary N) is 2. The summed E-state index contributed by atoms with van der Waals surface area (Å²) in [6.07, 6.45) is 2.88. The average molecular weight is 416 g/mol. The molecule has 1 amide bonds. The highest BCUT2D eigenvalue weighted by atomic mass is 32.2. The Balaban J connectivity index is 1.73. The van der Waals surface area contributed by atoms with E-state index >= 15 is 0 Å². The van der Waals surface area contributed by atoms with Gasteiger partial charge in [-0.25, -0.2) is 4.79 Å². The predicted octanol–water partition coefficient (Wildman–Crippen LogP) is 1.53. The van der Waals surface area contributed by atoms with Crippen molar-refractivity contribution in [2.75, 3.05) is 31.7 Å². The van der Waals surface area contributed by atoms with E-state index in [4.69, 9.17) is 0 Å². The Morgan fingerprint density at radius 2 is 1.90 bits per heavy atom. The Hall–Kier alpha value is -2.12. The second kappa shape index (κ2) is 9.13. The summed E-state index contributed by atoms with van der Waals surface area (Å²) in [6, 6.07) is 4.14. The second-order valence-corrected chi connectivity index (χ2v) is 9.16. The number of carbonyl (C=O) groups excluding carboxylic acids is 1. The number of aromatic nitrogens is 2. The van der Waals surface area contributed by atoms with Crippen LogP contribution in [0.1, 0.15) is 34.4 Å². The fourth-order valence-electron chi connectivity index (χ4n) is 3.96. The van der Waals surface area contributed by atoms with Gasteiger partial charge in [0.05, 0.1) is 32.9 Å². The van der Waals surface area contributed by atoms with Gasteiger partial charge >= 0.3 is 5.69 Å². The number of quaternary nitrogens is 1. The lowest BCUT2D eigenvalue weighted by molar-refractivity contribution is -0.859. The van der Waals surface area contributed by atoms with Crippen LogP contribution in [-0.4, -0.2) is 41.9 Å². The third-order valence-electron chi connectivity index (χ3n) is 5.32. The highest BCUT2D eigenvalue weighted by Crippen LogP contribution is 2.29. The van der Waals surface area contributed by atoms with E-state index in [1.165, 1.54) is 22.2 Å². The van der Waals surface area contributed by atoms with E-state index in [1.54, 1.807) is 0 Å².